The van der Waals surface area contributed by atoms with Crippen LogP contribution in [0.2, 0.25) is 0 Å². The summed E-state index contributed by atoms with van der Waals surface area (Å²) >= 11 is 0. The van der Waals surface area contributed by atoms with Crippen molar-refractivity contribution in [2.24, 2.45) is 4.99 Å². The monoisotopic (exact) mass is 374 g/mol. The molecule has 2 aromatic rings. The first-order chi connectivity index (χ1) is 13.0. The molecular formula is C19H27FN6O. The lowest BCUT2D eigenvalue weighted by Crippen LogP contribution is -2.42. The molecule has 8 heteroatoms. The van der Waals surface area contributed by atoms with Gasteiger partial charge in [-0.05, 0) is 45.7 Å². The molecule has 0 fully saturated rings. The van der Waals surface area contributed by atoms with Gasteiger partial charge in [0.25, 0.3) is 0 Å². The minimum absolute atomic E-state index is 0.0807. The summed E-state index contributed by atoms with van der Waals surface area (Å²) in [6.07, 6.45) is 1.85. The molecule has 2 unspecified atom stereocenters. The van der Waals surface area contributed by atoms with Crippen molar-refractivity contribution in [1.82, 2.24) is 25.4 Å². The summed E-state index contributed by atoms with van der Waals surface area (Å²) in [5.74, 6) is 2.65. The molecule has 2 N–H and O–H groups in total. The zero-order valence-electron chi connectivity index (χ0n) is 16.1. The first-order valence-corrected chi connectivity index (χ1v) is 9.43. The molecule has 1 aromatic heterocycles. The lowest BCUT2D eigenvalue weighted by molar-refractivity contribution is 0.229. The summed E-state index contributed by atoms with van der Waals surface area (Å²) in [4.78, 5) is 9.18. The molecule has 1 aliphatic rings. The summed E-state index contributed by atoms with van der Waals surface area (Å²) in [6.45, 7) is 7.96. The van der Waals surface area contributed by atoms with E-state index in [1.165, 1.54) is 12.1 Å². The van der Waals surface area contributed by atoms with Gasteiger partial charge in [-0.1, -0.05) is 6.07 Å². The molecule has 27 heavy (non-hydrogen) atoms. The van der Waals surface area contributed by atoms with Crippen LogP contribution in [-0.4, -0.2) is 39.9 Å². The molecule has 0 saturated heterocycles. The Hall–Kier alpha value is -2.64. The van der Waals surface area contributed by atoms with Gasteiger partial charge in [-0.25, -0.2) is 19.0 Å². The van der Waals surface area contributed by atoms with Crippen molar-refractivity contribution in [3.05, 3.63) is 41.7 Å². The van der Waals surface area contributed by atoms with E-state index in [4.69, 9.17) is 4.74 Å². The lowest BCUT2D eigenvalue weighted by Gasteiger charge is -2.25. The van der Waals surface area contributed by atoms with Gasteiger partial charge < -0.3 is 15.4 Å². The highest BCUT2D eigenvalue weighted by Crippen LogP contribution is 2.22. The maximum absolute atomic E-state index is 13.3. The second kappa shape index (κ2) is 8.83. The third-order valence-corrected chi connectivity index (χ3v) is 4.28. The van der Waals surface area contributed by atoms with Crippen LogP contribution in [-0.2, 0) is 6.54 Å². The van der Waals surface area contributed by atoms with Gasteiger partial charge in [0.2, 0.25) is 0 Å². The van der Waals surface area contributed by atoms with E-state index in [-0.39, 0.29) is 18.0 Å². The van der Waals surface area contributed by atoms with E-state index >= 15 is 0 Å². The Balaban J connectivity index is 1.63. The number of ether oxygens (including phenoxy) is 1. The van der Waals surface area contributed by atoms with Gasteiger partial charge in [0, 0.05) is 19.2 Å². The molecule has 1 aliphatic heterocycles. The Kier molecular flexibility index (Phi) is 6.26. The van der Waals surface area contributed by atoms with Crippen molar-refractivity contribution in [3.63, 3.8) is 0 Å². The molecule has 0 aliphatic carbocycles. The molecule has 146 valence electrons. The van der Waals surface area contributed by atoms with E-state index in [1.807, 2.05) is 25.5 Å². The Labute approximate surface area is 159 Å². The number of halogens is 1. The Bertz CT molecular complexity index is 790. The van der Waals surface area contributed by atoms with Crippen LogP contribution in [0.5, 0.6) is 5.75 Å². The largest absolute Gasteiger partial charge is 0.489 e. The fourth-order valence-electron chi connectivity index (χ4n) is 3.12. The number of fused-ring (bicyclic) bond motifs is 1. The Morgan fingerprint density at radius 2 is 2.33 bits per heavy atom. The zero-order chi connectivity index (χ0) is 19.2. The maximum atomic E-state index is 13.3. The van der Waals surface area contributed by atoms with Crippen LogP contribution < -0.4 is 15.4 Å². The van der Waals surface area contributed by atoms with Crippen LogP contribution in [0, 0.1) is 12.7 Å². The van der Waals surface area contributed by atoms with E-state index in [0.29, 0.717) is 18.3 Å². The first kappa shape index (κ1) is 19.1. The van der Waals surface area contributed by atoms with Gasteiger partial charge in [-0.2, -0.15) is 5.10 Å². The molecule has 2 heterocycles. The van der Waals surface area contributed by atoms with Crippen molar-refractivity contribution in [1.29, 1.82) is 0 Å². The second-order valence-electron chi connectivity index (χ2n) is 6.68. The number of nitrogens with one attached hydrogen (secondary N) is 2. The van der Waals surface area contributed by atoms with Crippen molar-refractivity contribution in [2.45, 2.75) is 52.3 Å². The summed E-state index contributed by atoms with van der Waals surface area (Å²) in [7, 11) is 0. The second-order valence-corrected chi connectivity index (χ2v) is 6.68. The number of rotatable bonds is 6. The van der Waals surface area contributed by atoms with Crippen LogP contribution in [0.4, 0.5) is 4.39 Å². The highest BCUT2D eigenvalue weighted by atomic mass is 19.1. The van der Waals surface area contributed by atoms with Crippen molar-refractivity contribution in [2.75, 3.05) is 13.1 Å². The molecule has 1 aromatic carbocycles. The summed E-state index contributed by atoms with van der Waals surface area (Å²) in [5.41, 5.74) is 0. The van der Waals surface area contributed by atoms with E-state index in [0.717, 1.165) is 37.6 Å². The van der Waals surface area contributed by atoms with E-state index in [1.54, 1.807) is 12.1 Å². The number of aliphatic imine (C=N–C) groups is 1. The highest BCUT2D eigenvalue weighted by molar-refractivity contribution is 5.80. The minimum atomic E-state index is -0.310. The molecule has 0 saturated carbocycles. The predicted octanol–water partition coefficient (Wildman–Crippen LogP) is 2.58. The summed E-state index contributed by atoms with van der Waals surface area (Å²) in [6, 6.07) is 6.23. The van der Waals surface area contributed by atoms with Crippen LogP contribution in [0.25, 0.3) is 0 Å². The number of nitrogens with zero attached hydrogens (tertiary/aromatic N) is 4. The van der Waals surface area contributed by atoms with Crippen LogP contribution >= 0.6 is 0 Å². The number of aryl methyl sites for hydroxylation is 2. The van der Waals surface area contributed by atoms with E-state index in [2.05, 4.69) is 25.7 Å². The van der Waals surface area contributed by atoms with Gasteiger partial charge in [-0.3, -0.25) is 0 Å². The van der Waals surface area contributed by atoms with Crippen LogP contribution in [0.1, 0.15) is 44.4 Å². The van der Waals surface area contributed by atoms with Gasteiger partial charge in [0.05, 0.1) is 12.6 Å². The SMILES string of the molecule is CCNC(=NCC(C)Oc1cccc(F)c1)NC1CCCn2nc(C)nc21. The molecule has 3 rings (SSSR count). The van der Waals surface area contributed by atoms with Crippen molar-refractivity contribution >= 4 is 5.96 Å². The molecular weight excluding hydrogens is 347 g/mol. The Morgan fingerprint density at radius 3 is 3.11 bits per heavy atom. The predicted molar refractivity (Wildman–Crippen MR) is 102 cm³/mol. The standard InChI is InChI=1S/C19H27FN6O/c1-4-21-19(22-12-13(2)27-16-8-5-7-15(20)11-16)24-17-9-6-10-26-18(17)23-14(3)25-26/h5,7-8,11,13,17H,4,6,9-10,12H2,1-3H3,(H2,21,22,24). The summed E-state index contributed by atoms with van der Waals surface area (Å²) in [5, 5.41) is 11.2. The fourth-order valence-corrected chi connectivity index (χ4v) is 3.12. The number of hydrogen-bond donors (Lipinski definition) is 2. The average Bonchev–Trinajstić information content (AvgIpc) is 3.01. The van der Waals surface area contributed by atoms with Gasteiger partial charge >= 0.3 is 0 Å². The van der Waals surface area contributed by atoms with E-state index in [9.17, 15) is 4.39 Å². The fraction of sp³-hybridized carbons (Fsp3) is 0.526. The van der Waals surface area contributed by atoms with Crippen molar-refractivity contribution < 1.29 is 9.13 Å². The normalized spacial score (nSPS) is 17.9. The smallest absolute Gasteiger partial charge is 0.191 e. The quantitative estimate of drug-likeness (QED) is 0.600. The third kappa shape index (κ3) is 5.18. The first-order valence-electron chi connectivity index (χ1n) is 9.43. The van der Waals surface area contributed by atoms with Gasteiger partial charge in [0.1, 0.15) is 29.3 Å². The number of hydrogen-bond acceptors (Lipinski definition) is 4. The Morgan fingerprint density at radius 1 is 1.48 bits per heavy atom. The molecule has 0 radical (unpaired) electrons. The molecule has 0 spiro atoms. The molecule has 0 amide bonds. The number of benzene rings is 1. The zero-order valence-corrected chi connectivity index (χ0v) is 16.1. The molecule has 0 bridgehead atoms. The number of aromatic nitrogens is 3. The minimum Gasteiger partial charge on any atom is -0.489 e. The van der Waals surface area contributed by atoms with E-state index < -0.39 is 0 Å². The lowest BCUT2D eigenvalue weighted by atomic mass is 10.1. The average molecular weight is 374 g/mol. The topological polar surface area (TPSA) is 76.4 Å². The van der Waals surface area contributed by atoms with Crippen LogP contribution in [0.15, 0.2) is 29.3 Å². The van der Waals surface area contributed by atoms with Crippen LogP contribution in [0.3, 0.4) is 0 Å². The number of guanidine groups is 1. The van der Waals surface area contributed by atoms with Crippen molar-refractivity contribution in [3.8, 4) is 5.75 Å². The maximum Gasteiger partial charge on any atom is 0.191 e. The summed E-state index contributed by atoms with van der Waals surface area (Å²) < 4.78 is 21.0. The highest BCUT2D eigenvalue weighted by Gasteiger charge is 2.24. The van der Waals surface area contributed by atoms with Gasteiger partial charge in [0.15, 0.2) is 5.96 Å². The van der Waals surface area contributed by atoms with Gasteiger partial charge in [-0.15, -0.1) is 0 Å². The molecule has 7 nitrogen and oxygen atoms in total. The molecule has 2 atom stereocenters. The third-order valence-electron chi connectivity index (χ3n) is 4.28.